The largest absolute Gasteiger partial charge is 0.401 e. The summed E-state index contributed by atoms with van der Waals surface area (Å²) in [6, 6.07) is 9.73. The van der Waals surface area contributed by atoms with Crippen LogP contribution in [-0.4, -0.2) is 50.6 Å². The molecule has 0 aliphatic carbocycles. The number of aromatic nitrogens is 4. The quantitative estimate of drug-likeness (QED) is 0.652. The van der Waals surface area contributed by atoms with Gasteiger partial charge in [-0.05, 0) is 31.4 Å². The Morgan fingerprint density at radius 2 is 1.80 bits per heavy atom. The molecule has 5 nitrogen and oxygen atoms in total. The fourth-order valence-electron chi connectivity index (χ4n) is 3.64. The average molecular weight is 413 g/mol. The standard InChI is InChI=1S/C22H22F3N5/c23-22(24,25)15-30-10-4-5-16(14-30)8-9-20-26-13-19(29-20)18-11-27-21(28-12-18)17-6-2-1-3-7-17/h1-3,6-9,11-13,16H,4-5,10,14-15H2,(H,26,29)/b9-8+. The highest BCUT2D eigenvalue weighted by Gasteiger charge is 2.32. The Labute approximate surface area is 172 Å². The van der Waals surface area contributed by atoms with Crippen LogP contribution in [0.25, 0.3) is 28.7 Å². The SMILES string of the molecule is FC(F)(F)CN1CCCC(/C=C/c2ncc(-c3cnc(-c4ccccc4)nc3)[nH]2)C1. The van der Waals surface area contributed by atoms with Gasteiger partial charge < -0.3 is 4.98 Å². The molecule has 0 saturated carbocycles. The first-order valence-electron chi connectivity index (χ1n) is 9.86. The van der Waals surface area contributed by atoms with E-state index in [-0.39, 0.29) is 5.92 Å². The van der Waals surface area contributed by atoms with Crippen molar-refractivity contribution < 1.29 is 13.2 Å². The molecule has 0 amide bonds. The predicted octanol–water partition coefficient (Wildman–Crippen LogP) is 4.82. The van der Waals surface area contributed by atoms with E-state index in [9.17, 15) is 13.2 Å². The summed E-state index contributed by atoms with van der Waals surface area (Å²) in [6.45, 7) is 0.0628. The first kappa shape index (κ1) is 20.3. The molecular formula is C22H22F3N5. The fraction of sp³-hybridized carbons (Fsp3) is 0.318. The topological polar surface area (TPSA) is 57.7 Å². The number of H-pyrrole nitrogens is 1. The minimum atomic E-state index is -4.15. The zero-order valence-corrected chi connectivity index (χ0v) is 16.3. The summed E-state index contributed by atoms with van der Waals surface area (Å²) in [5, 5.41) is 0. The number of hydrogen-bond acceptors (Lipinski definition) is 4. The minimum absolute atomic E-state index is 0.0862. The Bertz CT molecular complexity index is 980. The zero-order valence-electron chi connectivity index (χ0n) is 16.3. The van der Waals surface area contributed by atoms with E-state index in [1.54, 1.807) is 18.6 Å². The number of nitrogens with one attached hydrogen (secondary N) is 1. The molecule has 1 aliphatic heterocycles. The number of rotatable bonds is 5. The van der Waals surface area contributed by atoms with Gasteiger partial charge in [-0.1, -0.05) is 36.4 Å². The maximum Gasteiger partial charge on any atom is 0.401 e. The second-order valence-electron chi connectivity index (χ2n) is 7.46. The molecule has 3 heterocycles. The minimum Gasteiger partial charge on any atom is -0.338 e. The number of aromatic amines is 1. The Hall–Kier alpha value is -3.00. The summed E-state index contributed by atoms with van der Waals surface area (Å²) >= 11 is 0. The summed E-state index contributed by atoms with van der Waals surface area (Å²) in [4.78, 5) is 17.9. The molecule has 4 rings (SSSR count). The maximum atomic E-state index is 12.6. The van der Waals surface area contributed by atoms with Gasteiger partial charge in [-0.2, -0.15) is 13.2 Å². The first-order chi connectivity index (χ1) is 14.5. The molecule has 3 aromatic rings. The van der Waals surface area contributed by atoms with Crippen LogP contribution in [0, 0.1) is 5.92 Å². The van der Waals surface area contributed by atoms with Gasteiger partial charge in [-0.15, -0.1) is 0 Å². The second kappa shape index (κ2) is 8.79. The van der Waals surface area contributed by atoms with Crippen molar-refractivity contribution in [1.82, 2.24) is 24.8 Å². The van der Waals surface area contributed by atoms with E-state index in [1.165, 1.54) is 4.90 Å². The molecular weight excluding hydrogens is 391 g/mol. The third kappa shape index (κ3) is 5.33. The fourth-order valence-corrected chi connectivity index (χ4v) is 3.64. The van der Waals surface area contributed by atoms with Crippen LogP contribution in [0.5, 0.6) is 0 Å². The van der Waals surface area contributed by atoms with Gasteiger partial charge in [0.05, 0.1) is 18.4 Å². The van der Waals surface area contributed by atoms with Gasteiger partial charge in [0, 0.05) is 30.1 Å². The van der Waals surface area contributed by atoms with E-state index in [2.05, 4.69) is 19.9 Å². The normalized spacial score (nSPS) is 18.2. The lowest BCUT2D eigenvalue weighted by Gasteiger charge is -2.31. The molecule has 8 heteroatoms. The van der Waals surface area contributed by atoms with Crippen LogP contribution < -0.4 is 0 Å². The van der Waals surface area contributed by atoms with E-state index < -0.39 is 12.7 Å². The van der Waals surface area contributed by atoms with Crippen LogP contribution in [0.1, 0.15) is 18.7 Å². The molecule has 0 radical (unpaired) electrons. The van der Waals surface area contributed by atoms with Gasteiger partial charge in [-0.3, -0.25) is 4.90 Å². The second-order valence-corrected chi connectivity index (χ2v) is 7.46. The summed E-state index contributed by atoms with van der Waals surface area (Å²) in [5.74, 6) is 1.40. The molecule has 0 spiro atoms. The van der Waals surface area contributed by atoms with Crippen molar-refractivity contribution in [3.05, 3.63) is 60.8 Å². The Morgan fingerprint density at radius 3 is 2.53 bits per heavy atom. The molecule has 1 N–H and O–H groups in total. The van der Waals surface area contributed by atoms with Gasteiger partial charge >= 0.3 is 6.18 Å². The Balaban J connectivity index is 1.39. The lowest BCUT2D eigenvalue weighted by Crippen LogP contribution is -2.40. The Morgan fingerprint density at radius 1 is 1.03 bits per heavy atom. The lowest BCUT2D eigenvalue weighted by atomic mass is 9.97. The average Bonchev–Trinajstić information content (AvgIpc) is 3.21. The number of piperidine rings is 1. The molecule has 30 heavy (non-hydrogen) atoms. The lowest BCUT2D eigenvalue weighted by molar-refractivity contribution is -0.148. The Kier molecular flexibility index (Phi) is 5.94. The molecule has 0 bridgehead atoms. The summed E-state index contributed by atoms with van der Waals surface area (Å²) in [6.07, 6.45) is 6.47. The molecule has 1 unspecified atom stereocenters. The number of likely N-dealkylation sites (tertiary alicyclic amines) is 1. The van der Waals surface area contributed by atoms with Crippen molar-refractivity contribution in [2.75, 3.05) is 19.6 Å². The summed E-state index contributed by atoms with van der Waals surface area (Å²) in [7, 11) is 0. The monoisotopic (exact) mass is 413 g/mol. The molecule has 1 aromatic carbocycles. The van der Waals surface area contributed by atoms with E-state index in [0.29, 0.717) is 24.7 Å². The van der Waals surface area contributed by atoms with Crippen LogP contribution >= 0.6 is 0 Å². The smallest absolute Gasteiger partial charge is 0.338 e. The van der Waals surface area contributed by atoms with Crippen LogP contribution in [-0.2, 0) is 0 Å². The van der Waals surface area contributed by atoms with Gasteiger partial charge in [0.1, 0.15) is 5.82 Å². The first-order valence-corrected chi connectivity index (χ1v) is 9.86. The number of halogens is 3. The number of hydrogen-bond donors (Lipinski definition) is 1. The van der Waals surface area contributed by atoms with Crippen molar-refractivity contribution >= 4 is 6.08 Å². The van der Waals surface area contributed by atoms with E-state index >= 15 is 0 Å². The molecule has 2 aromatic heterocycles. The van der Waals surface area contributed by atoms with Crippen molar-refractivity contribution in [2.45, 2.75) is 19.0 Å². The zero-order chi connectivity index (χ0) is 21.0. The van der Waals surface area contributed by atoms with Crippen LogP contribution in [0.2, 0.25) is 0 Å². The van der Waals surface area contributed by atoms with Gasteiger partial charge in [0.25, 0.3) is 0 Å². The summed E-state index contributed by atoms with van der Waals surface area (Å²) in [5.41, 5.74) is 2.55. The number of imidazole rings is 1. The van der Waals surface area contributed by atoms with Gasteiger partial charge in [0.15, 0.2) is 5.82 Å². The molecule has 1 saturated heterocycles. The number of nitrogens with zero attached hydrogens (tertiary/aromatic N) is 4. The highest BCUT2D eigenvalue weighted by atomic mass is 19.4. The van der Waals surface area contributed by atoms with E-state index in [4.69, 9.17) is 0 Å². The maximum absolute atomic E-state index is 12.6. The van der Waals surface area contributed by atoms with Crippen molar-refractivity contribution in [3.63, 3.8) is 0 Å². The molecule has 1 atom stereocenters. The third-order valence-electron chi connectivity index (χ3n) is 5.06. The van der Waals surface area contributed by atoms with E-state index in [0.717, 1.165) is 29.7 Å². The van der Waals surface area contributed by atoms with Gasteiger partial charge in [-0.25, -0.2) is 15.0 Å². The predicted molar refractivity (Wildman–Crippen MR) is 109 cm³/mol. The molecule has 156 valence electrons. The number of benzene rings is 1. The highest BCUT2D eigenvalue weighted by Crippen LogP contribution is 2.24. The third-order valence-corrected chi connectivity index (χ3v) is 5.06. The summed E-state index contributed by atoms with van der Waals surface area (Å²) < 4.78 is 37.9. The van der Waals surface area contributed by atoms with Crippen molar-refractivity contribution in [2.24, 2.45) is 5.92 Å². The van der Waals surface area contributed by atoms with Gasteiger partial charge in [0.2, 0.25) is 0 Å². The van der Waals surface area contributed by atoms with Crippen LogP contribution in [0.15, 0.2) is 55.0 Å². The van der Waals surface area contributed by atoms with Crippen LogP contribution in [0.4, 0.5) is 13.2 Å². The number of alkyl halides is 3. The van der Waals surface area contributed by atoms with Crippen molar-refractivity contribution in [1.29, 1.82) is 0 Å². The van der Waals surface area contributed by atoms with Crippen molar-refractivity contribution in [3.8, 4) is 22.6 Å². The highest BCUT2D eigenvalue weighted by molar-refractivity contribution is 5.61. The van der Waals surface area contributed by atoms with Crippen LogP contribution in [0.3, 0.4) is 0 Å². The van der Waals surface area contributed by atoms with E-state index in [1.807, 2.05) is 42.5 Å². The molecule has 1 fully saturated rings. The molecule has 1 aliphatic rings.